The lowest BCUT2D eigenvalue weighted by atomic mass is 9.93. The average molecular weight is 310 g/mol. The fourth-order valence-corrected chi connectivity index (χ4v) is 2.98. The molecule has 0 aromatic heterocycles. The van der Waals surface area contributed by atoms with Crippen LogP contribution in [0.25, 0.3) is 0 Å². The zero-order valence-electron chi connectivity index (χ0n) is 13.8. The van der Waals surface area contributed by atoms with Crippen molar-refractivity contribution in [2.75, 3.05) is 13.1 Å². The Morgan fingerprint density at radius 3 is 2.48 bits per heavy atom. The third-order valence-electron chi connectivity index (χ3n) is 4.04. The molecule has 1 rings (SSSR count). The second kappa shape index (κ2) is 12.1. The molecule has 0 aliphatic carbocycles. The van der Waals surface area contributed by atoms with Gasteiger partial charge in [-0.3, -0.25) is 0 Å². The van der Waals surface area contributed by atoms with Gasteiger partial charge in [0.05, 0.1) is 0 Å². The van der Waals surface area contributed by atoms with E-state index in [-0.39, 0.29) is 0 Å². The van der Waals surface area contributed by atoms with Crippen LogP contribution in [0.2, 0.25) is 5.02 Å². The standard InChI is InChI=1S/C19H32ClN/c1-3-5-6-7-8-11-17(16-21-14-4-2)15-18-12-9-10-13-19(18)20/h9-10,12-13,17,21H,3-8,11,14-16H2,1-2H3. The summed E-state index contributed by atoms with van der Waals surface area (Å²) < 4.78 is 0. The molecule has 0 amide bonds. The number of halogens is 1. The Morgan fingerprint density at radius 2 is 1.76 bits per heavy atom. The number of nitrogens with one attached hydrogen (secondary N) is 1. The number of hydrogen-bond donors (Lipinski definition) is 1. The topological polar surface area (TPSA) is 12.0 Å². The highest BCUT2D eigenvalue weighted by molar-refractivity contribution is 6.31. The summed E-state index contributed by atoms with van der Waals surface area (Å²) in [5, 5.41) is 4.50. The number of rotatable bonds is 12. The van der Waals surface area contributed by atoms with Gasteiger partial charge in [-0.05, 0) is 49.9 Å². The second-order valence-electron chi connectivity index (χ2n) is 6.07. The van der Waals surface area contributed by atoms with Gasteiger partial charge in [-0.1, -0.05) is 75.8 Å². The molecule has 0 aliphatic heterocycles. The molecule has 0 bridgehead atoms. The second-order valence-corrected chi connectivity index (χ2v) is 6.48. The van der Waals surface area contributed by atoms with E-state index < -0.39 is 0 Å². The molecule has 0 saturated heterocycles. The van der Waals surface area contributed by atoms with E-state index in [9.17, 15) is 0 Å². The summed E-state index contributed by atoms with van der Waals surface area (Å²) in [4.78, 5) is 0. The van der Waals surface area contributed by atoms with E-state index in [2.05, 4.69) is 31.3 Å². The summed E-state index contributed by atoms with van der Waals surface area (Å²) in [6, 6.07) is 8.29. The van der Waals surface area contributed by atoms with E-state index in [1.165, 1.54) is 50.5 Å². The summed E-state index contributed by atoms with van der Waals surface area (Å²) in [5.41, 5.74) is 1.30. The van der Waals surface area contributed by atoms with E-state index in [0.29, 0.717) is 5.92 Å². The maximum absolute atomic E-state index is 6.31. The molecule has 0 radical (unpaired) electrons. The predicted octanol–water partition coefficient (Wildman–Crippen LogP) is 5.86. The molecular weight excluding hydrogens is 278 g/mol. The fraction of sp³-hybridized carbons (Fsp3) is 0.684. The van der Waals surface area contributed by atoms with Crippen molar-refractivity contribution >= 4 is 11.6 Å². The summed E-state index contributed by atoms with van der Waals surface area (Å²) >= 11 is 6.31. The Bertz CT molecular complexity index is 364. The van der Waals surface area contributed by atoms with E-state index in [0.717, 1.165) is 24.5 Å². The van der Waals surface area contributed by atoms with Gasteiger partial charge in [-0.15, -0.1) is 0 Å². The van der Waals surface area contributed by atoms with Gasteiger partial charge in [0, 0.05) is 5.02 Å². The first-order valence-electron chi connectivity index (χ1n) is 8.72. The largest absolute Gasteiger partial charge is 0.316 e. The number of unbranched alkanes of at least 4 members (excludes halogenated alkanes) is 4. The van der Waals surface area contributed by atoms with Crippen molar-refractivity contribution in [2.24, 2.45) is 5.92 Å². The summed E-state index contributed by atoms with van der Waals surface area (Å²) in [6.07, 6.45) is 10.4. The van der Waals surface area contributed by atoms with Crippen molar-refractivity contribution in [2.45, 2.75) is 65.2 Å². The molecule has 0 fully saturated rings. The molecule has 1 nitrogen and oxygen atoms in total. The number of hydrogen-bond acceptors (Lipinski definition) is 1. The van der Waals surface area contributed by atoms with E-state index in [4.69, 9.17) is 11.6 Å². The first-order valence-corrected chi connectivity index (χ1v) is 9.09. The van der Waals surface area contributed by atoms with Crippen LogP contribution >= 0.6 is 11.6 Å². The van der Waals surface area contributed by atoms with Crippen LogP contribution in [0.4, 0.5) is 0 Å². The van der Waals surface area contributed by atoms with Crippen LogP contribution < -0.4 is 5.32 Å². The van der Waals surface area contributed by atoms with Crippen molar-refractivity contribution in [1.82, 2.24) is 5.32 Å². The van der Waals surface area contributed by atoms with Crippen molar-refractivity contribution in [1.29, 1.82) is 0 Å². The maximum atomic E-state index is 6.31. The fourth-order valence-electron chi connectivity index (χ4n) is 2.77. The molecule has 120 valence electrons. The molecule has 1 atom stereocenters. The van der Waals surface area contributed by atoms with Gasteiger partial charge in [-0.2, -0.15) is 0 Å². The SMILES string of the molecule is CCCCCCCC(CNCCC)Cc1ccccc1Cl. The lowest BCUT2D eigenvalue weighted by molar-refractivity contribution is 0.420. The maximum Gasteiger partial charge on any atom is 0.0438 e. The first kappa shape index (κ1) is 18.5. The molecule has 0 spiro atoms. The normalized spacial score (nSPS) is 12.5. The molecule has 1 N–H and O–H groups in total. The molecular formula is C19H32ClN. The van der Waals surface area contributed by atoms with E-state index in [1.54, 1.807) is 0 Å². The highest BCUT2D eigenvalue weighted by Crippen LogP contribution is 2.22. The molecule has 1 aromatic rings. The Balaban J connectivity index is 2.41. The molecule has 0 saturated carbocycles. The molecule has 1 unspecified atom stereocenters. The minimum Gasteiger partial charge on any atom is -0.316 e. The molecule has 21 heavy (non-hydrogen) atoms. The van der Waals surface area contributed by atoms with E-state index >= 15 is 0 Å². The third kappa shape index (κ3) is 8.48. The average Bonchev–Trinajstić information content (AvgIpc) is 2.49. The van der Waals surface area contributed by atoms with Crippen LogP contribution in [0.5, 0.6) is 0 Å². The van der Waals surface area contributed by atoms with Crippen molar-refractivity contribution in [3.8, 4) is 0 Å². The first-order chi connectivity index (χ1) is 10.3. The number of benzene rings is 1. The quantitative estimate of drug-likeness (QED) is 0.477. The van der Waals surface area contributed by atoms with Gasteiger partial charge in [0.1, 0.15) is 0 Å². The molecule has 2 heteroatoms. The van der Waals surface area contributed by atoms with Crippen molar-refractivity contribution < 1.29 is 0 Å². The summed E-state index contributed by atoms with van der Waals surface area (Å²) in [5.74, 6) is 0.707. The minimum absolute atomic E-state index is 0.707. The third-order valence-corrected chi connectivity index (χ3v) is 4.41. The molecule has 0 aliphatic rings. The van der Waals surface area contributed by atoms with Crippen LogP contribution in [0.1, 0.15) is 64.4 Å². The van der Waals surface area contributed by atoms with Crippen LogP contribution in [0.3, 0.4) is 0 Å². The van der Waals surface area contributed by atoms with Crippen molar-refractivity contribution in [3.63, 3.8) is 0 Å². The Kier molecular flexibility index (Phi) is 10.6. The van der Waals surface area contributed by atoms with E-state index in [1.807, 2.05) is 12.1 Å². The van der Waals surface area contributed by atoms with Crippen LogP contribution in [-0.2, 0) is 6.42 Å². The lowest BCUT2D eigenvalue weighted by Crippen LogP contribution is -2.25. The van der Waals surface area contributed by atoms with Gasteiger partial charge < -0.3 is 5.32 Å². The van der Waals surface area contributed by atoms with Crippen LogP contribution in [0, 0.1) is 5.92 Å². The van der Waals surface area contributed by atoms with Gasteiger partial charge in [0.25, 0.3) is 0 Å². The zero-order valence-corrected chi connectivity index (χ0v) is 14.6. The summed E-state index contributed by atoms with van der Waals surface area (Å²) in [7, 11) is 0. The molecule has 0 heterocycles. The smallest absolute Gasteiger partial charge is 0.0438 e. The zero-order chi connectivity index (χ0) is 15.3. The monoisotopic (exact) mass is 309 g/mol. The van der Waals surface area contributed by atoms with Crippen LogP contribution in [0.15, 0.2) is 24.3 Å². The van der Waals surface area contributed by atoms with Gasteiger partial charge in [-0.25, -0.2) is 0 Å². The van der Waals surface area contributed by atoms with Crippen LogP contribution in [-0.4, -0.2) is 13.1 Å². The van der Waals surface area contributed by atoms with Gasteiger partial charge >= 0.3 is 0 Å². The summed E-state index contributed by atoms with van der Waals surface area (Å²) in [6.45, 7) is 6.73. The Hall–Kier alpha value is -0.530. The van der Waals surface area contributed by atoms with Gasteiger partial charge in [0.2, 0.25) is 0 Å². The Labute approximate surface area is 136 Å². The lowest BCUT2D eigenvalue weighted by Gasteiger charge is -2.18. The minimum atomic E-state index is 0.707. The van der Waals surface area contributed by atoms with Crippen molar-refractivity contribution in [3.05, 3.63) is 34.9 Å². The highest BCUT2D eigenvalue weighted by atomic mass is 35.5. The highest BCUT2D eigenvalue weighted by Gasteiger charge is 2.11. The molecule has 1 aromatic carbocycles. The Morgan fingerprint density at radius 1 is 1.00 bits per heavy atom. The predicted molar refractivity (Wildman–Crippen MR) is 95.2 cm³/mol. The van der Waals surface area contributed by atoms with Gasteiger partial charge in [0.15, 0.2) is 0 Å².